The Bertz CT molecular complexity index is 552. The first-order valence-corrected chi connectivity index (χ1v) is 6.86. The molecule has 0 unspecified atom stereocenters. The fourth-order valence-corrected chi connectivity index (χ4v) is 2.84. The van der Waals surface area contributed by atoms with Crippen molar-refractivity contribution in [3.63, 3.8) is 0 Å². The molecule has 6 heteroatoms. The number of primary amides is 1. The van der Waals surface area contributed by atoms with Crippen LogP contribution < -0.4 is 16.4 Å². The van der Waals surface area contributed by atoms with Gasteiger partial charge >= 0.3 is 6.03 Å². The first-order chi connectivity index (χ1) is 9.65. The van der Waals surface area contributed by atoms with Crippen molar-refractivity contribution in [2.24, 2.45) is 5.73 Å². The van der Waals surface area contributed by atoms with Gasteiger partial charge in [0.15, 0.2) is 0 Å². The number of anilines is 1. The largest absolute Gasteiger partial charge is 0.366 e. The van der Waals surface area contributed by atoms with Crippen LogP contribution >= 0.6 is 0 Å². The number of piperidine rings is 1. The lowest BCUT2D eigenvalue weighted by Crippen LogP contribution is -2.49. The minimum Gasteiger partial charge on any atom is -0.366 e. The van der Waals surface area contributed by atoms with Gasteiger partial charge < -0.3 is 21.3 Å². The first-order valence-electron chi connectivity index (χ1n) is 6.86. The van der Waals surface area contributed by atoms with Crippen molar-refractivity contribution in [1.82, 2.24) is 10.2 Å². The van der Waals surface area contributed by atoms with Crippen LogP contribution in [0.25, 0.3) is 0 Å². The Labute approximate surface area is 117 Å². The summed E-state index contributed by atoms with van der Waals surface area (Å²) in [5, 5.41) is 6.16. The van der Waals surface area contributed by atoms with E-state index in [0.717, 1.165) is 31.5 Å². The molecule has 0 aromatic heterocycles. The van der Waals surface area contributed by atoms with Crippen LogP contribution in [-0.4, -0.2) is 36.0 Å². The maximum Gasteiger partial charge on any atom is 0.322 e. The minimum absolute atomic E-state index is 0.0916. The summed E-state index contributed by atoms with van der Waals surface area (Å²) in [6.07, 6.45) is 1.95. The predicted molar refractivity (Wildman–Crippen MR) is 75.4 cm³/mol. The number of benzene rings is 1. The van der Waals surface area contributed by atoms with Gasteiger partial charge in [0, 0.05) is 23.8 Å². The van der Waals surface area contributed by atoms with Gasteiger partial charge in [0.1, 0.15) is 0 Å². The molecule has 106 valence electrons. The zero-order valence-electron chi connectivity index (χ0n) is 11.2. The monoisotopic (exact) mass is 274 g/mol. The zero-order valence-corrected chi connectivity index (χ0v) is 11.2. The van der Waals surface area contributed by atoms with Gasteiger partial charge in [-0.2, -0.15) is 0 Å². The number of urea groups is 1. The van der Waals surface area contributed by atoms with E-state index < -0.39 is 5.91 Å². The fourth-order valence-electron chi connectivity index (χ4n) is 2.84. The van der Waals surface area contributed by atoms with Gasteiger partial charge in [0.05, 0.1) is 0 Å². The molecule has 0 bridgehead atoms. The van der Waals surface area contributed by atoms with E-state index in [1.807, 2.05) is 11.0 Å². The highest BCUT2D eigenvalue weighted by Gasteiger charge is 2.29. The number of nitrogens with two attached hydrogens (primary N) is 1. The summed E-state index contributed by atoms with van der Waals surface area (Å²) in [5.74, 6) is -0.483. The first kappa shape index (κ1) is 12.9. The second kappa shape index (κ2) is 5.13. The number of nitrogens with one attached hydrogen (secondary N) is 2. The van der Waals surface area contributed by atoms with Gasteiger partial charge in [-0.05, 0) is 43.6 Å². The Morgan fingerprint density at radius 3 is 2.75 bits per heavy atom. The summed E-state index contributed by atoms with van der Waals surface area (Å²) >= 11 is 0. The lowest BCUT2D eigenvalue weighted by atomic mass is 10.0. The third kappa shape index (κ3) is 2.34. The molecule has 0 saturated carbocycles. The van der Waals surface area contributed by atoms with Crippen LogP contribution in [-0.2, 0) is 6.54 Å². The molecule has 0 atom stereocenters. The molecule has 4 N–H and O–H groups in total. The molecule has 2 heterocycles. The Balaban J connectivity index is 1.83. The van der Waals surface area contributed by atoms with Crippen molar-refractivity contribution in [3.8, 4) is 0 Å². The molecule has 1 aromatic carbocycles. The second-order valence-electron chi connectivity index (χ2n) is 5.28. The van der Waals surface area contributed by atoms with Crippen molar-refractivity contribution >= 4 is 17.6 Å². The van der Waals surface area contributed by atoms with Gasteiger partial charge in [-0.25, -0.2) is 4.79 Å². The molecule has 3 amide bonds. The SMILES string of the molecule is NC(=O)c1ccc2c(c1)NC(=O)N(C1CCNCC1)C2. The molecule has 1 fully saturated rings. The summed E-state index contributed by atoms with van der Waals surface area (Å²) < 4.78 is 0. The van der Waals surface area contributed by atoms with Crippen molar-refractivity contribution in [2.45, 2.75) is 25.4 Å². The normalized spacial score (nSPS) is 19.4. The number of nitrogens with zero attached hydrogens (tertiary/aromatic N) is 1. The number of fused-ring (bicyclic) bond motifs is 1. The van der Waals surface area contributed by atoms with E-state index in [1.54, 1.807) is 12.1 Å². The molecule has 0 radical (unpaired) electrons. The van der Waals surface area contributed by atoms with Crippen LogP contribution in [0.2, 0.25) is 0 Å². The lowest BCUT2D eigenvalue weighted by Gasteiger charge is -2.38. The van der Waals surface area contributed by atoms with Gasteiger partial charge in [0.25, 0.3) is 0 Å². The lowest BCUT2D eigenvalue weighted by molar-refractivity contribution is 0.1000. The van der Waals surface area contributed by atoms with Gasteiger partial charge in [-0.15, -0.1) is 0 Å². The highest BCUT2D eigenvalue weighted by molar-refractivity contribution is 5.97. The van der Waals surface area contributed by atoms with E-state index in [2.05, 4.69) is 10.6 Å². The molecule has 3 rings (SSSR count). The van der Waals surface area contributed by atoms with E-state index in [9.17, 15) is 9.59 Å². The average Bonchev–Trinajstić information content (AvgIpc) is 2.46. The third-order valence-corrected chi connectivity index (χ3v) is 3.99. The van der Waals surface area contributed by atoms with Crippen molar-refractivity contribution in [2.75, 3.05) is 18.4 Å². The molecule has 20 heavy (non-hydrogen) atoms. The number of carbonyl (C=O) groups is 2. The van der Waals surface area contributed by atoms with Crippen LogP contribution in [0, 0.1) is 0 Å². The Hall–Kier alpha value is -2.08. The van der Waals surface area contributed by atoms with E-state index in [0.29, 0.717) is 17.8 Å². The van der Waals surface area contributed by atoms with Crippen molar-refractivity contribution in [1.29, 1.82) is 0 Å². The molecule has 0 spiro atoms. The van der Waals surface area contributed by atoms with Gasteiger partial charge in [-0.3, -0.25) is 4.79 Å². The number of carbonyl (C=O) groups excluding carboxylic acids is 2. The van der Waals surface area contributed by atoms with E-state index in [4.69, 9.17) is 5.73 Å². The summed E-state index contributed by atoms with van der Waals surface area (Å²) in [6, 6.07) is 5.41. The molecule has 2 aliphatic rings. The summed E-state index contributed by atoms with van der Waals surface area (Å²) in [7, 11) is 0. The summed E-state index contributed by atoms with van der Waals surface area (Å²) in [6.45, 7) is 2.48. The molecule has 6 nitrogen and oxygen atoms in total. The van der Waals surface area contributed by atoms with Crippen molar-refractivity contribution < 1.29 is 9.59 Å². The Kier molecular flexibility index (Phi) is 3.31. The topological polar surface area (TPSA) is 87.5 Å². The standard InChI is InChI=1S/C14H18N4O2/c15-13(19)9-1-2-10-8-18(11-3-5-16-6-4-11)14(20)17-12(10)7-9/h1-2,7,11,16H,3-6,8H2,(H2,15,19)(H,17,20). The quantitative estimate of drug-likeness (QED) is 0.748. The zero-order chi connectivity index (χ0) is 14.1. The molecular formula is C14H18N4O2. The molecule has 0 aliphatic carbocycles. The highest BCUT2D eigenvalue weighted by atomic mass is 16.2. The van der Waals surface area contributed by atoms with Crippen LogP contribution in [0.1, 0.15) is 28.8 Å². The smallest absolute Gasteiger partial charge is 0.322 e. The van der Waals surface area contributed by atoms with Gasteiger partial charge in [-0.1, -0.05) is 6.07 Å². The molecule has 1 saturated heterocycles. The van der Waals surface area contributed by atoms with Crippen LogP contribution in [0.4, 0.5) is 10.5 Å². The number of amides is 3. The van der Waals surface area contributed by atoms with E-state index >= 15 is 0 Å². The average molecular weight is 274 g/mol. The van der Waals surface area contributed by atoms with Crippen LogP contribution in [0.15, 0.2) is 18.2 Å². The predicted octanol–water partition coefficient (Wildman–Crippen LogP) is 0.885. The summed E-state index contributed by atoms with van der Waals surface area (Å²) in [4.78, 5) is 25.3. The highest BCUT2D eigenvalue weighted by Crippen LogP contribution is 2.27. The number of hydrogen-bond acceptors (Lipinski definition) is 3. The van der Waals surface area contributed by atoms with Crippen LogP contribution in [0.5, 0.6) is 0 Å². The maximum absolute atomic E-state index is 12.2. The third-order valence-electron chi connectivity index (χ3n) is 3.99. The number of hydrogen-bond donors (Lipinski definition) is 3. The maximum atomic E-state index is 12.2. The second-order valence-corrected chi connectivity index (χ2v) is 5.28. The molecule has 2 aliphatic heterocycles. The minimum atomic E-state index is -0.483. The number of rotatable bonds is 2. The van der Waals surface area contributed by atoms with E-state index in [1.165, 1.54) is 0 Å². The molecule has 1 aromatic rings. The van der Waals surface area contributed by atoms with Crippen LogP contribution in [0.3, 0.4) is 0 Å². The fraction of sp³-hybridized carbons (Fsp3) is 0.429. The molecular weight excluding hydrogens is 256 g/mol. The summed E-state index contributed by atoms with van der Waals surface area (Å²) in [5.41, 5.74) is 7.39. The van der Waals surface area contributed by atoms with Crippen molar-refractivity contribution in [3.05, 3.63) is 29.3 Å². The Morgan fingerprint density at radius 2 is 2.05 bits per heavy atom. The Morgan fingerprint density at radius 1 is 1.30 bits per heavy atom. The van der Waals surface area contributed by atoms with Gasteiger partial charge in [0.2, 0.25) is 5.91 Å². The van der Waals surface area contributed by atoms with E-state index in [-0.39, 0.29) is 12.1 Å².